The zero-order valence-corrected chi connectivity index (χ0v) is 12.5. The summed E-state index contributed by atoms with van der Waals surface area (Å²) in [5, 5.41) is 2.63. The molecule has 0 saturated heterocycles. The van der Waals surface area contributed by atoms with Crippen molar-refractivity contribution in [3.63, 3.8) is 0 Å². The van der Waals surface area contributed by atoms with E-state index in [0.717, 1.165) is 5.56 Å². The van der Waals surface area contributed by atoms with Crippen LogP contribution in [0.1, 0.15) is 16.1 Å². The molecule has 9 heteroatoms. The van der Waals surface area contributed by atoms with Gasteiger partial charge >= 0.3 is 5.97 Å². The second-order valence-electron chi connectivity index (χ2n) is 4.83. The molecule has 0 saturated carbocycles. The van der Waals surface area contributed by atoms with Gasteiger partial charge in [0.25, 0.3) is 5.91 Å². The molecule has 0 aliphatic carbocycles. The largest absolute Gasteiger partial charge is 0.454 e. The Morgan fingerprint density at radius 1 is 1.21 bits per heavy atom. The fourth-order valence-electron chi connectivity index (χ4n) is 2.01. The van der Waals surface area contributed by atoms with Gasteiger partial charge in [0.1, 0.15) is 0 Å². The first-order chi connectivity index (χ1) is 11.6. The molecular weight excluding hydrogens is 316 g/mol. The van der Waals surface area contributed by atoms with Gasteiger partial charge in [0.05, 0.1) is 0 Å². The lowest BCUT2D eigenvalue weighted by Gasteiger charge is -2.07. The molecule has 3 N–H and O–H groups in total. The molecule has 0 spiro atoms. The van der Waals surface area contributed by atoms with E-state index in [1.165, 1.54) is 12.4 Å². The number of anilines is 1. The van der Waals surface area contributed by atoms with Crippen molar-refractivity contribution < 1.29 is 23.8 Å². The lowest BCUT2D eigenvalue weighted by Crippen LogP contribution is -2.28. The number of fused-ring (bicyclic) bond motifs is 1. The Labute approximate surface area is 136 Å². The van der Waals surface area contributed by atoms with Crippen molar-refractivity contribution in [1.82, 2.24) is 15.3 Å². The third-order valence-corrected chi connectivity index (χ3v) is 3.18. The van der Waals surface area contributed by atoms with Crippen molar-refractivity contribution in [1.29, 1.82) is 0 Å². The van der Waals surface area contributed by atoms with Gasteiger partial charge in [-0.15, -0.1) is 0 Å². The summed E-state index contributed by atoms with van der Waals surface area (Å²) in [5.41, 5.74) is 6.22. The molecule has 1 aromatic carbocycles. The number of nitrogen functional groups attached to an aromatic ring is 1. The second-order valence-corrected chi connectivity index (χ2v) is 4.83. The number of carbonyl (C=O) groups excluding carboxylic acids is 2. The third-order valence-electron chi connectivity index (χ3n) is 3.18. The van der Waals surface area contributed by atoms with Gasteiger partial charge in [-0.05, 0) is 17.7 Å². The van der Waals surface area contributed by atoms with E-state index in [1.54, 1.807) is 18.2 Å². The molecule has 1 aliphatic heterocycles. The Morgan fingerprint density at radius 2 is 2.00 bits per heavy atom. The molecule has 9 nitrogen and oxygen atoms in total. The molecule has 1 aliphatic rings. The Hall–Kier alpha value is -3.36. The Kier molecular flexibility index (Phi) is 4.41. The average molecular weight is 330 g/mol. The maximum Gasteiger partial charge on any atom is 0.361 e. The number of nitrogens with zero attached hydrogens (tertiary/aromatic N) is 2. The number of nitrogens with one attached hydrogen (secondary N) is 1. The first-order valence-corrected chi connectivity index (χ1v) is 7.02. The zero-order valence-electron chi connectivity index (χ0n) is 12.5. The number of esters is 1. The van der Waals surface area contributed by atoms with Crippen LogP contribution in [-0.4, -0.2) is 35.2 Å². The van der Waals surface area contributed by atoms with Crippen LogP contribution in [-0.2, 0) is 16.1 Å². The summed E-state index contributed by atoms with van der Waals surface area (Å²) in [6, 6.07) is 5.34. The van der Waals surface area contributed by atoms with Gasteiger partial charge in [-0.1, -0.05) is 6.07 Å². The summed E-state index contributed by atoms with van der Waals surface area (Å²) in [6.07, 6.45) is 2.66. The fourth-order valence-corrected chi connectivity index (χ4v) is 2.01. The van der Waals surface area contributed by atoms with Crippen LogP contribution in [0.3, 0.4) is 0 Å². The highest BCUT2D eigenvalue weighted by Crippen LogP contribution is 2.32. The maximum absolute atomic E-state index is 11.8. The minimum atomic E-state index is -0.807. The molecule has 1 amide bonds. The summed E-state index contributed by atoms with van der Waals surface area (Å²) >= 11 is 0. The smallest absolute Gasteiger partial charge is 0.361 e. The monoisotopic (exact) mass is 330 g/mol. The normalized spacial score (nSPS) is 11.8. The van der Waals surface area contributed by atoms with Crippen LogP contribution in [0.4, 0.5) is 5.82 Å². The predicted octanol–water partition coefficient (Wildman–Crippen LogP) is 0.261. The lowest BCUT2D eigenvalue weighted by molar-refractivity contribution is -0.124. The molecule has 0 radical (unpaired) electrons. The van der Waals surface area contributed by atoms with Crippen LogP contribution in [0.25, 0.3) is 0 Å². The Balaban J connectivity index is 1.48. The Morgan fingerprint density at radius 3 is 2.83 bits per heavy atom. The van der Waals surface area contributed by atoms with Crippen LogP contribution in [0.5, 0.6) is 11.5 Å². The third kappa shape index (κ3) is 3.51. The van der Waals surface area contributed by atoms with E-state index < -0.39 is 18.5 Å². The van der Waals surface area contributed by atoms with Gasteiger partial charge in [-0.25, -0.2) is 14.8 Å². The molecule has 0 fully saturated rings. The van der Waals surface area contributed by atoms with Crippen molar-refractivity contribution in [3.05, 3.63) is 41.9 Å². The summed E-state index contributed by atoms with van der Waals surface area (Å²) in [7, 11) is 0. The number of ether oxygens (including phenoxy) is 3. The number of carbonyl (C=O) groups is 2. The molecule has 124 valence electrons. The van der Waals surface area contributed by atoms with E-state index in [-0.39, 0.29) is 24.8 Å². The molecular formula is C15H14N4O5. The fraction of sp³-hybridized carbons (Fsp3) is 0.200. The van der Waals surface area contributed by atoms with E-state index in [4.69, 9.17) is 19.9 Å². The molecule has 3 rings (SSSR count). The molecule has 0 unspecified atom stereocenters. The number of amides is 1. The van der Waals surface area contributed by atoms with Crippen LogP contribution in [0, 0.1) is 0 Å². The number of nitrogens with two attached hydrogens (primary N) is 1. The van der Waals surface area contributed by atoms with Crippen molar-refractivity contribution in [2.75, 3.05) is 19.1 Å². The highest BCUT2D eigenvalue weighted by atomic mass is 16.7. The van der Waals surface area contributed by atoms with Crippen molar-refractivity contribution in [2.45, 2.75) is 6.54 Å². The summed E-state index contributed by atoms with van der Waals surface area (Å²) in [6.45, 7) is 0.00626. The van der Waals surface area contributed by atoms with E-state index in [2.05, 4.69) is 15.3 Å². The van der Waals surface area contributed by atoms with Gasteiger partial charge < -0.3 is 25.3 Å². The van der Waals surface area contributed by atoms with E-state index in [9.17, 15) is 9.59 Å². The minimum Gasteiger partial charge on any atom is -0.454 e. The highest BCUT2D eigenvalue weighted by Gasteiger charge is 2.16. The van der Waals surface area contributed by atoms with Gasteiger partial charge in [-0.2, -0.15) is 0 Å². The molecule has 0 atom stereocenters. The summed E-state index contributed by atoms with van der Waals surface area (Å²) in [5.74, 6) is -0.0163. The number of rotatable bonds is 5. The topological polar surface area (TPSA) is 126 Å². The quantitative estimate of drug-likeness (QED) is 0.748. The predicted molar refractivity (Wildman–Crippen MR) is 81.1 cm³/mol. The van der Waals surface area contributed by atoms with Crippen molar-refractivity contribution in [2.24, 2.45) is 0 Å². The SMILES string of the molecule is Nc1nccnc1C(=O)OCC(=O)NCc1ccc2c(c1)OCO2. The van der Waals surface area contributed by atoms with Gasteiger partial charge in [0, 0.05) is 18.9 Å². The molecule has 0 bridgehead atoms. The van der Waals surface area contributed by atoms with Crippen LogP contribution in [0.2, 0.25) is 0 Å². The molecule has 2 heterocycles. The molecule has 1 aromatic heterocycles. The zero-order chi connectivity index (χ0) is 16.9. The minimum absolute atomic E-state index is 0.0525. The van der Waals surface area contributed by atoms with Crippen molar-refractivity contribution >= 4 is 17.7 Å². The van der Waals surface area contributed by atoms with Gasteiger partial charge in [0.2, 0.25) is 6.79 Å². The Bertz CT molecular complexity index is 780. The van der Waals surface area contributed by atoms with Crippen LogP contribution < -0.4 is 20.5 Å². The van der Waals surface area contributed by atoms with E-state index >= 15 is 0 Å². The first-order valence-electron chi connectivity index (χ1n) is 7.02. The lowest BCUT2D eigenvalue weighted by atomic mass is 10.2. The number of hydrogen-bond acceptors (Lipinski definition) is 8. The van der Waals surface area contributed by atoms with E-state index in [1.807, 2.05) is 0 Å². The standard InChI is InChI=1S/C15H14N4O5/c16-14-13(17-3-4-18-14)15(21)22-7-12(20)19-6-9-1-2-10-11(5-9)24-8-23-10/h1-5H,6-8H2,(H2,16,18)(H,19,20). The number of hydrogen-bond donors (Lipinski definition) is 2. The first kappa shape index (κ1) is 15.5. The van der Waals surface area contributed by atoms with Crippen LogP contribution >= 0.6 is 0 Å². The van der Waals surface area contributed by atoms with Gasteiger partial charge in [0.15, 0.2) is 29.6 Å². The highest BCUT2D eigenvalue weighted by molar-refractivity contribution is 5.93. The van der Waals surface area contributed by atoms with Gasteiger partial charge in [-0.3, -0.25) is 4.79 Å². The second kappa shape index (κ2) is 6.82. The average Bonchev–Trinajstić information content (AvgIpc) is 3.06. The number of benzene rings is 1. The number of aromatic nitrogens is 2. The van der Waals surface area contributed by atoms with E-state index in [0.29, 0.717) is 11.5 Å². The summed E-state index contributed by atoms with van der Waals surface area (Å²) in [4.78, 5) is 31.0. The maximum atomic E-state index is 11.8. The molecule has 2 aromatic rings. The van der Waals surface area contributed by atoms with Crippen LogP contribution in [0.15, 0.2) is 30.6 Å². The molecule has 24 heavy (non-hydrogen) atoms. The summed E-state index contributed by atoms with van der Waals surface area (Å²) < 4.78 is 15.3. The van der Waals surface area contributed by atoms with Crippen molar-refractivity contribution in [3.8, 4) is 11.5 Å².